The molecule has 2 N–H and O–H groups in total. The molecule has 1 aromatic heterocycles. The van der Waals surface area contributed by atoms with E-state index >= 15 is 0 Å². The maximum atomic E-state index is 12.6. The van der Waals surface area contributed by atoms with Gasteiger partial charge in [0.05, 0.1) is 18.8 Å². The number of aromatic nitrogens is 3. The number of benzene rings is 1. The smallest absolute Gasteiger partial charge is 0.314 e. The largest absolute Gasteiger partial charge is 0.341 e. The van der Waals surface area contributed by atoms with Crippen LogP contribution in [-0.2, 0) is 24.4 Å². The van der Waals surface area contributed by atoms with Gasteiger partial charge < -0.3 is 15.5 Å². The molecule has 2 heterocycles. The molecule has 1 aliphatic heterocycles. The molecule has 0 radical (unpaired) electrons. The molecule has 3 rings (SSSR count). The standard InChI is InChI=1S/C16H20N6O2/c1-11-15(23)21(9-12-6-4-3-5-7-12)10-14-13(19-20-22(11)14)8-18-16(24)17-2/h3-7,11H,8-10H2,1-2H3,(H2,17,18,24). The Kier molecular flexibility index (Phi) is 4.45. The molecular formula is C16H20N6O2. The van der Waals surface area contributed by atoms with Crippen molar-refractivity contribution in [3.05, 3.63) is 47.3 Å². The average molecular weight is 328 g/mol. The molecule has 2 aromatic rings. The molecule has 0 aliphatic carbocycles. The number of nitrogens with one attached hydrogen (secondary N) is 2. The number of carbonyl (C=O) groups excluding carboxylic acids is 2. The van der Waals surface area contributed by atoms with E-state index in [2.05, 4.69) is 20.9 Å². The van der Waals surface area contributed by atoms with Crippen LogP contribution >= 0.6 is 0 Å². The van der Waals surface area contributed by atoms with E-state index in [0.29, 0.717) is 18.8 Å². The molecular weight excluding hydrogens is 308 g/mol. The summed E-state index contributed by atoms with van der Waals surface area (Å²) in [4.78, 5) is 25.7. The van der Waals surface area contributed by atoms with Crippen LogP contribution in [0.3, 0.4) is 0 Å². The minimum atomic E-state index is -0.404. The van der Waals surface area contributed by atoms with E-state index in [4.69, 9.17) is 0 Å². The number of nitrogens with zero attached hydrogens (tertiary/aromatic N) is 4. The lowest BCUT2D eigenvalue weighted by molar-refractivity contribution is -0.138. The third-order valence-corrected chi connectivity index (χ3v) is 4.11. The summed E-state index contributed by atoms with van der Waals surface area (Å²) in [6, 6.07) is 9.17. The molecule has 0 bridgehead atoms. The lowest BCUT2D eigenvalue weighted by Gasteiger charge is -2.31. The molecule has 1 atom stereocenters. The Bertz CT molecular complexity index is 742. The second kappa shape index (κ2) is 6.69. The Hall–Kier alpha value is -2.90. The highest BCUT2D eigenvalue weighted by molar-refractivity contribution is 5.81. The number of carbonyl (C=O) groups is 2. The van der Waals surface area contributed by atoms with Gasteiger partial charge in [0.1, 0.15) is 11.7 Å². The van der Waals surface area contributed by atoms with E-state index in [1.165, 1.54) is 0 Å². The average Bonchev–Trinajstić information content (AvgIpc) is 3.01. The Labute approximate surface area is 139 Å². The summed E-state index contributed by atoms with van der Waals surface area (Å²) >= 11 is 0. The van der Waals surface area contributed by atoms with E-state index < -0.39 is 6.04 Å². The van der Waals surface area contributed by atoms with Crippen LogP contribution in [0.1, 0.15) is 29.9 Å². The zero-order valence-electron chi connectivity index (χ0n) is 13.7. The molecule has 8 heteroatoms. The highest BCUT2D eigenvalue weighted by Gasteiger charge is 2.33. The van der Waals surface area contributed by atoms with E-state index in [1.807, 2.05) is 37.3 Å². The van der Waals surface area contributed by atoms with Crippen molar-refractivity contribution in [2.75, 3.05) is 7.05 Å². The minimum Gasteiger partial charge on any atom is -0.341 e. The SMILES string of the molecule is CNC(=O)NCc1nnn2c1CN(Cc1ccccc1)C(=O)C2C. The fourth-order valence-electron chi connectivity index (χ4n) is 2.78. The lowest BCUT2D eigenvalue weighted by Crippen LogP contribution is -2.42. The van der Waals surface area contributed by atoms with Crippen molar-refractivity contribution in [3.8, 4) is 0 Å². The van der Waals surface area contributed by atoms with Crippen LogP contribution in [0.25, 0.3) is 0 Å². The first-order chi connectivity index (χ1) is 11.6. The number of rotatable bonds is 4. The number of urea groups is 1. The third-order valence-electron chi connectivity index (χ3n) is 4.11. The molecule has 0 saturated carbocycles. The van der Waals surface area contributed by atoms with Gasteiger partial charge in [0.2, 0.25) is 5.91 Å². The van der Waals surface area contributed by atoms with Gasteiger partial charge in [-0.15, -0.1) is 5.10 Å². The maximum Gasteiger partial charge on any atom is 0.314 e. The minimum absolute atomic E-state index is 0.0158. The third kappa shape index (κ3) is 3.08. The number of hydrogen-bond donors (Lipinski definition) is 2. The number of amides is 3. The molecule has 1 unspecified atom stereocenters. The maximum absolute atomic E-state index is 12.6. The Balaban J connectivity index is 1.80. The van der Waals surface area contributed by atoms with Crippen LogP contribution < -0.4 is 10.6 Å². The summed E-state index contributed by atoms with van der Waals surface area (Å²) in [6.07, 6.45) is 0. The zero-order chi connectivity index (χ0) is 17.1. The van der Waals surface area contributed by atoms with Crippen molar-refractivity contribution in [1.82, 2.24) is 30.5 Å². The summed E-state index contributed by atoms with van der Waals surface area (Å²) in [5.41, 5.74) is 2.61. The summed E-state index contributed by atoms with van der Waals surface area (Å²) in [5.74, 6) is 0.0158. The van der Waals surface area contributed by atoms with Gasteiger partial charge in [0.25, 0.3) is 0 Å². The summed E-state index contributed by atoms with van der Waals surface area (Å²) in [6.45, 7) is 3.05. The summed E-state index contributed by atoms with van der Waals surface area (Å²) in [7, 11) is 1.55. The normalized spacial score (nSPS) is 16.7. The molecule has 0 spiro atoms. The number of fused-ring (bicyclic) bond motifs is 1. The van der Waals surface area contributed by atoms with Gasteiger partial charge in [-0.2, -0.15) is 0 Å². The fraction of sp³-hybridized carbons (Fsp3) is 0.375. The first kappa shape index (κ1) is 16.0. The van der Waals surface area contributed by atoms with E-state index in [9.17, 15) is 9.59 Å². The van der Waals surface area contributed by atoms with Crippen LogP contribution in [0.5, 0.6) is 0 Å². The first-order valence-corrected chi connectivity index (χ1v) is 7.81. The van der Waals surface area contributed by atoms with Crippen LogP contribution in [0, 0.1) is 0 Å². The van der Waals surface area contributed by atoms with Crippen LogP contribution in [-0.4, -0.2) is 38.9 Å². The number of hydrogen-bond acceptors (Lipinski definition) is 4. The highest BCUT2D eigenvalue weighted by atomic mass is 16.2. The van der Waals surface area contributed by atoms with Gasteiger partial charge >= 0.3 is 6.03 Å². The van der Waals surface area contributed by atoms with Crippen LogP contribution in [0.4, 0.5) is 4.79 Å². The van der Waals surface area contributed by atoms with Crippen LogP contribution in [0.15, 0.2) is 30.3 Å². The fourth-order valence-corrected chi connectivity index (χ4v) is 2.78. The molecule has 24 heavy (non-hydrogen) atoms. The second-order valence-corrected chi connectivity index (χ2v) is 5.72. The molecule has 3 amide bonds. The van der Waals surface area contributed by atoms with E-state index in [-0.39, 0.29) is 18.5 Å². The predicted molar refractivity (Wildman–Crippen MR) is 86.7 cm³/mol. The van der Waals surface area contributed by atoms with Gasteiger partial charge in [0.15, 0.2) is 0 Å². The molecule has 1 aromatic carbocycles. The highest BCUT2D eigenvalue weighted by Crippen LogP contribution is 2.24. The first-order valence-electron chi connectivity index (χ1n) is 7.81. The monoisotopic (exact) mass is 328 g/mol. The Morgan fingerprint density at radius 2 is 2.08 bits per heavy atom. The van der Waals surface area contributed by atoms with Gasteiger partial charge in [0, 0.05) is 13.6 Å². The molecule has 126 valence electrons. The lowest BCUT2D eigenvalue weighted by atomic mass is 10.1. The van der Waals surface area contributed by atoms with E-state index in [1.54, 1.807) is 16.6 Å². The summed E-state index contributed by atoms with van der Waals surface area (Å²) in [5, 5.41) is 13.4. The van der Waals surface area contributed by atoms with Crippen molar-refractivity contribution in [3.63, 3.8) is 0 Å². The van der Waals surface area contributed by atoms with Crippen molar-refractivity contribution >= 4 is 11.9 Å². The molecule has 1 aliphatic rings. The quantitative estimate of drug-likeness (QED) is 0.869. The van der Waals surface area contributed by atoms with Crippen molar-refractivity contribution < 1.29 is 9.59 Å². The zero-order valence-corrected chi connectivity index (χ0v) is 13.7. The topological polar surface area (TPSA) is 92.2 Å². The van der Waals surface area contributed by atoms with Crippen molar-refractivity contribution in [2.45, 2.75) is 32.6 Å². The van der Waals surface area contributed by atoms with E-state index in [0.717, 1.165) is 11.3 Å². The van der Waals surface area contributed by atoms with Crippen molar-refractivity contribution in [2.24, 2.45) is 0 Å². The molecule has 8 nitrogen and oxygen atoms in total. The van der Waals surface area contributed by atoms with Crippen molar-refractivity contribution in [1.29, 1.82) is 0 Å². The molecule has 0 saturated heterocycles. The predicted octanol–water partition coefficient (Wildman–Crippen LogP) is 0.810. The second-order valence-electron chi connectivity index (χ2n) is 5.72. The van der Waals surface area contributed by atoms with Gasteiger partial charge in [-0.3, -0.25) is 4.79 Å². The Morgan fingerprint density at radius 3 is 2.79 bits per heavy atom. The molecule has 0 fully saturated rings. The van der Waals surface area contributed by atoms with Crippen LogP contribution in [0.2, 0.25) is 0 Å². The Morgan fingerprint density at radius 1 is 1.33 bits per heavy atom. The summed E-state index contributed by atoms with van der Waals surface area (Å²) < 4.78 is 1.64. The van der Waals surface area contributed by atoms with Gasteiger partial charge in [-0.25, -0.2) is 9.48 Å². The van der Waals surface area contributed by atoms with Gasteiger partial charge in [-0.1, -0.05) is 35.5 Å². The van der Waals surface area contributed by atoms with Gasteiger partial charge in [-0.05, 0) is 12.5 Å².